The Morgan fingerprint density at radius 2 is 1.62 bits per heavy atom. The van der Waals surface area contributed by atoms with Gasteiger partial charge < -0.3 is 26.3 Å². The minimum atomic E-state index is -0.159. The lowest BCUT2D eigenvalue weighted by molar-refractivity contribution is -0.437. The fourth-order valence-corrected chi connectivity index (χ4v) is 6.76. The molecule has 0 atom stereocenters. The topological polar surface area (TPSA) is 103 Å². The summed E-state index contributed by atoms with van der Waals surface area (Å²) in [5, 5.41) is 3.86. The van der Waals surface area contributed by atoms with E-state index in [2.05, 4.69) is 103 Å². The number of nitrogens with two attached hydrogens (primary N) is 2. The van der Waals surface area contributed by atoms with Gasteiger partial charge in [0, 0.05) is 34.7 Å². The summed E-state index contributed by atoms with van der Waals surface area (Å²) in [6, 6.07) is 17.0. The number of para-hydroxylation sites is 2. The summed E-state index contributed by atoms with van der Waals surface area (Å²) in [6.45, 7) is 15.6. The lowest BCUT2D eigenvalue weighted by atomic mass is 9.81. The van der Waals surface area contributed by atoms with Gasteiger partial charge in [-0.25, -0.2) is 0 Å². The van der Waals surface area contributed by atoms with Gasteiger partial charge >= 0.3 is 0 Å². The highest BCUT2D eigenvalue weighted by Crippen LogP contribution is 2.45. The highest BCUT2D eigenvalue weighted by atomic mass is 35.5. The molecular formula is C42H60ClN4O3+. The van der Waals surface area contributed by atoms with Gasteiger partial charge in [-0.3, -0.25) is 4.79 Å². The molecule has 0 aromatic heterocycles. The number of rotatable bonds is 13. The Labute approximate surface area is 306 Å². The molecule has 8 heteroatoms. The third kappa shape index (κ3) is 10.5. The van der Waals surface area contributed by atoms with Crippen molar-refractivity contribution in [3.63, 3.8) is 0 Å². The van der Waals surface area contributed by atoms with Crippen LogP contribution in [0.4, 0.5) is 5.69 Å². The number of unbranched alkanes of at least 4 members (excludes halogenated alkanes) is 1. The molecule has 0 radical (unpaired) electrons. The Bertz CT molecular complexity index is 1560. The van der Waals surface area contributed by atoms with Crippen molar-refractivity contribution in [1.29, 1.82) is 0 Å². The highest BCUT2D eigenvalue weighted by Gasteiger charge is 2.44. The monoisotopic (exact) mass is 703 g/mol. The lowest BCUT2D eigenvalue weighted by Crippen LogP contribution is -2.28. The largest absolute Gasteiger partial charge is 0.468 e. The summed E-state index contributed by atoms with van der Waals surface area (Å²) in [4.78, 5) is 9.46. The summed E-state index contributed by atoms with van der Waals surface area (Å²) in [7, 11) is 1.93. The molecule has 0 amide bonds. The lowest BCUT2D eigenvalue weighted by Gasteiger charge is -2.19. The van der Waals surface area contributed by atoms with Crippen LogP contribution in [0.15, 0.2) is 94.8 Å². The number of nitrogens with one attached hydrogen (secondary N) is 1. The van der Waals surface area contributed by atoms with E-state index in [1.165, 1.54) is 33.7 Å². The number of hydrogen-bond donors (Lipinski definition) is 3. The number of ether oxygens (including phenoxy) is 2. The van der Waals surface area contributed by atoms with Crippen molar-refractivity contribution in [3.8, 4) is 5.75 Å². The molecule has 2 aromatic rings. The normalized spacial score (nSPS) is 18.7. The minimum absolute atomic E-state index is 0.0765. The number of hydrogen-bond acceptors (Lipinski definition) is 6. The summed E-state index contributed by atoms with van der Waals surface area (Å²) >= 11 is 7.01. The van der Waals surface area contributed by atoms with Crippen LogP contribution in [-0.4, -0.2) is 56.6 Å². The fourth-order valence-electron chi connectivity index (χ4n) is 6.44. The number of carbonyl (C=O) groups excluding carboxylic acids is 1. The van der Waals surface area contributed by atoms with Gasteiger partial charge in [-0.15, -0.1) is 0 Å². The van der Waals surface area contributed by atoms with E-state index in [1.54, 1.807) is 0 Å². The zero-order chi connectivity index (χ0) is 36.6. The molecule has 50 heavy (non-hydrogen) atoms. The number of halogens is 1. The third-order valence-corrected chi connectivity index (χ3v) is 9.92. The van der Waals surface area contributed by atoms with E-state index in [1.807, 2.05) is 26.1 Å². The van der Waals surface area contributed by atoms with Crippen molar-refractivity contribution in [2.75, 3.05) is 39.8 Å². The van der Waals surface area contributed by atoms with Crippen molar-refractivity contribution >= 4 is 29.5 Å². The van der Waals surface area contributed by atoms with Crippen LogP contribution in [0.2, 0.25) is 0 Å². The van der Waals surface area contributed by atoms with Crippen molar-refractivity contribution in [3.05, 3.63) is 106 Å². The number of allylic oxidation sites excluding steroid dienone is 8. The van der Waals surface area contributed by atoms with Crippen molar-refractivity contribution in [1.82, 2.24) is 5.32 Å². The Balaban J connectivity index is 0.000000443. The Morgan fingerprint density at radius 1 is 0.920 bits per heavy atom. The first-order valence-electron chi connectivity index (χ1n) is 18.2. The van der Waals surface area contributed by atoms with Crippen LogP contribution in [0, 0.1) is 0 Å². The maximum atomic E-state index is 9.46. The van der Waals surface area contributed by atoms with Crippen molar-refractivity contribution < 1.29 is 18.8 Å². The van der Waals surface area contributed by atoms with Gasteiger partial charge in [0.05, 0.1) is 17.4 Å². The Kier molecular flexibility index (Phi) is 16.7. The van der Waals surface area contributed by atoms with Crippen molar-refractivity contribution in [2.45, 2.75) is 90.4 Å². The van der Waals surface area contributed by atoms with E-state index in [0.717, 1.165) is 81.1 Å². The Hall–Kier alpha value is -3.49. The molecule has 7 nitrogen and oxygen atoms in total. The molecule has 2 heterocycles. The molecule has 0 saturated carbocycles. The molecule has 1 aliphatic carbocycles. The molecule has 5 N–H and O–H groups in total. The standard InChI is InChI=1S/C33H38ClN2O.C5H10O2.C4H12N2/c1-32(2)25-13-5-7-15-27(25)36(22-10-21-35)29(32)19-17-23-11-9-12-24(31(23)34)18-20-30-33(3,4)26-14-6-8-16-28(26)37-30;1-2-3-4-7-5-6;1-6-4-2-3-5/h5-8,13-20H,9-12,21-22,35H2,1-4H3;5H,2-4H2,1H3;6H,2-5H2,1H3/q+1;;/b19-17+,24-18+,30-20+;;. The zero-order valence-corrected chi connectivity index (χ0v) is 32.0. The van der Waals surface area contributed by atoms with Gasteiger partial charge in [-0.1, -0.05) is 73.5 Å². The first kappa shape index (κ1) is 40.9. The van der Waals surface area contributed by atoms with Crippen LogP contribution < -0.4 is 21.5 Å². The second kappa shape index (κ2) is 20.4. The summed E-state index contributed by atoms with van der Waals surface area (Å²) in [6.07, 6.45) is 15.9. The van der Waals surface area contributed by atoms with Gasteiger partial charge in [0.15, 0.2) is 12.3 Å². The van der Waals surface area contributed by atoms with Crippen LogP contribution in [0.3, 0.4) is 0 Å². The van der Waals surface area contributed by atoms with Crippen molar-refractivity contribution in [2.24, 2.45) is 11.5 Å². The second-order valence-corrected chi connectivity index (χ2v) is 14.2. The predicted octanol–water partition coefficient (Wildman–Crippen LogP) is 8.34. The molecule has 0 saturated heterocycles. The van der Waals surface area contributed by atoms with Crippen LogP contribution in [0.1, 0.15) is 90.7 Å². The SMILES string of the molecule is CC1(C)C(/C=C/C2=C(Cl)C(=C/C=C3/Oc4ccccc4C3(C)C)/CCC2)=[N+](CCCN)c2ccccc21.CCCCOC=O.CNCCCN. The van der Waals surface area contributed by atoms with E-state index < -0.39 is 0 Å². The van der Waals surface area contributed by atoms with E-state index in [9.17, 15) is 4.79 Å². The molecule has 3 aliphatic rings. The first-order valence-corrected chi connectivity index (χ1v) is 18.6. The molecular weight excluding hydrogens is 644 g/mol. The molecule has 0 unspecified atom stereocenters. The molecule has 0 fully saturated rings. The van der Waals surface area contributed by atoms with Crippen LogP contribution in [0.25, 0.3) is 0 Å². The molecule has 2 aliphatic heterocycles. The minimum Gasteiger partial charge on any atom is -0.468 e. The van der Waals surface area contributed by atoms with Gasteiger partial charge in [0.2, 0.25) is 5.69 Å². The van der Waals surface area contributed by atoms with Gasteiger partial charge in [0.1, 0.15) is 11.5 Å². The molecule has 2 aromatic carbocycles. The third-order valence-electron chi connectivity index (χ3n) is 9.43. The van der Waals surface area contributed by atoms with E-state index in [4.69, 9.17) is 27.8 Å². The Morgan fingerprint density at radius 3 is 2.26 bits per heavy atom. The second-order valence-electron chi connectivity index (χ2n) is 13.9. The number of carbonyl (C=O) groups is 1. The van der Waals surface area contributed by atoms with Crippen LogP contribution in [0.5, 0.6) is 5.75 Å². The summed E-state index contributed by atoms with van der Waals surface area (Å²) < 4.78 is 13.0. The molecule has 0 bridgehead atoms. The van der Waals surface area contributed by atoms with Gasteiger partial charge in [-0.2, -0.15) is 4.58 Å². The summed E-state index contributed by atoms with van der Waals surface area (Å²) in [5.74, 6) is 1.91. The maximum absolute atomic E-state index is 9.46. The van der Waals surface area contributed by atoms with Gasteiger partial charge in [0.25, 0.3) is 6.47 Å². The first-order chi connectivity index (χ1) is 24.1. The number of benzene rings is 2. The maximum Gasteiger partial charge on any atom is 0.293 e. The highest BCUT2D eigenvalue weighted by molar-refractivity contribution is 6.32. The van der Waals surface area contributed by atoms with Gasteiger partial charge in [-0.05, 0) is 110 Å². The molecule has 5 rings (SSSR count). The van der Waals surface area contributed by atoms with E-state index in [-0.39, 0.29) is 10.8 Å². The van der Waals surface area contributed by atoms with Crippen LogP contribution in [-0.2, 0) is 20.4 Å². The van der Waals surface area contributed by atoms with Crippen LogP contribution >= 0.6 is 11.6 Å². The average Bonchev–Trinajstić information content (AvgIpc) is 3.50. The number of nitrogens with zero attached hydrogens (tertiary/aromatic N) is 1. The molecule has 0 spiro atoms. The fraction of sp³-hybridized carbons (Fsp3) is 0.476. The van der Waals surface area contributed by atoms with E-state index in [0.29, 0.717) is 19.6 Å². The van der Waals surface area contributed by atoms with E-state index >= 15 is 0 Å². The average molecular weight is 704 g/mol. The summed E-state index contributed by atoms with van der Waals surface area (Å²) in [5.41, 5.74) is 18.4. The number of fused-ring (bicyclic) bond motifs is 2. The predicted molar refractivity (Wildman–Crippen MR) is 210 cm³/mol. The smallest absolute Gasteiger partial charge is 0.293 e. The molecule has 272 valence electrons. The zero-order valence-electron chi connectivity index (χ0n) is 31.2. The quantitative estimate of drug-likeness (QED) is 0.110.